The molecule has 0 bridgehead atoms. The number of amides is 1. The van der Waals surface area contributed by atoms with Crippen LogP contribution in [0, 0.1) is 0 Å². The Bertz CT molecular complexity index is 673. The number of rotatable bonds is 5. The van der Waals surface area contributed by atoms with E-state index in [2.05, 4.69) is 10.2 Å². The van der Waals surface area contributed by atoms with Gasteiger partial charge in [0.25, 0.3) is 0 Å². The van der Waals surface area contributed by atoms with E-state index in [1.54, 1.807) is 7.11 Å². The maximum atomic E-state index is 11.9. The predicted octanol–water partition coefficient (Wildman–Crippen LogP) is 3.25. The van der Waals surface area contributed by atoms with Gasteiger partial charge in [-0.1, -0.05) is 6.92 Å². The minimum atomic E-state index is 0.232. The standard InChI is InChI=1S/C18H23N3O3/c1-3-4-16(22)21-11-9-14(10-12-21)18-20-19-17(24-18)13-5-7-15(23-2)8-6-13/h5-8,14H,3-4,9-12H2,1-2H3. The fraction of sp³-hybridized carbons (Fsp3) is 0.500. The van der Waals surface area contributed by atoms with Crippen LogP contribution in [0.25, 0.3) is 11.5 Å². The molecule has 0 radical (unpaired) electrons. The van der Waals surface area contributed by atoms with Crippen molar-refractivity contribution in [3.8, 4) is 17.2 Å². The fourth-order valence-electron chi connectivity index (χ4n) is 3.00. The molecule has 0 aliphatic carbocycles. The average Bonchev–Trinajstić information content (AvgIpc) is 3.12. The lowest BCUT2D eigenvalue weighted by atomic mass is 9.96. The van der Waals surface area contributed by atoms with Crippen LogP contribution in [0.15, 0.2) is 28.7 Å². The molecule has 1 aliphatic heterocycles. The number of hydrogen-bond donors (Lipinski definition) is 0. The van der Waals surface area contributed by atoms with Gasteiger partial charge in [-0.3, -0.25) is 4.79 Å². The van der Waals surface area contributed by atoms with Crippen molar-refractivity contribution >= 4 is 5.91 Å². The Morgan fingerprint density at radius 3 is 2.58 bits per heavy atom. The summed E-state index contributed by atoms with van der Waals surface area (Å²) in [5.74, 6) is 2.47. The van der Waals surface area contributed by atoms with Gasteiger partial charge in [-0.15, -0.1) is 10.2 Å². The number of ether oxygens (including phenoxy) is 1. The van der Waals surface area contributed by atoms with Crippen molar-refractivity contribution in [3.63, 3.8) is 0 Å². The number of likely N-dealkylation sites (tertiary alicyclic amines) is 1. The van der Waals surface area contributed by atoms with E-state index in [-0.39, 0.29) is 11.8 Å². The predicted molar refractivity (Wildman–Crippen MR) is 89.7 cm³/mol. The molecule has 1 aromatic heterocycles. The minimum Gasteiger partial charge on any atom is -0.497 e. The number of piperidine rings is 1. The van der Waals surface area contributed by atoms with Crippen LogP contribution in [-0.4, -0.2) is 41.2 Å². The number of carbonyl (C=O) groups is 1. The van der Waals surface area contributed by atoms with Crippen molar-refractivity contribution < 1.29 is 13.9 Å². The van der Waals surface area contributed by atoms with E-state index in [4.69, 9.17) is 9.15 Å². The molecule has 24 heavy (non-hydrogen) atoms. The maximum Gasteiger partial charge on any atom is 0.247 e. The first kappa shape index (κ1) is 16.5. The molecule has 6 nitrogen and oxygen atoms in total. The lowest BCUT2D eigenvalue weighted by Gasteiger charge is -2.30. The van der Waals surface area contributed by atoms with Crippen molar-refractivity contribution in [1.82, 2.24) is 15.1 Å². The van der Waals surface area contributed by atoms with Crippen LogP contribution in [0.1, 0.15) is 44.4 Å². The van der Waals surface area contributed by atoms with Gasteiger partial charge >= 0.3 is 0 Å². The fourth-order valence-corrected chi connectivity index (χ4v) is 3.00. The van der Waals surface area contributed by atoms with E-state index in [1.165, 1.54) is 0 Å². The summed E-state index contributed by atoms with van der Waals surface area (Å²) in [7, 11) is 1.64. The highest BCUT2D eigenvalue weighted by atomic mass is 16.5. The van der Waals surface area contributed by atoms with Gasteiger partial charge in [0.05, 0.1) is 7.11 Å². The van der Waals surface area contributed by atoms with E-state index >= 15 is 0 Å². The molecule has 128 valence electrons. The Morgan fingerprint density at radius 1 is 1.25 bits per heavy atom. The number of nitrogens with zero attached hydrogens (tertiary/aromatic N) is 3. The smallest absolute Gasteiger partial charge is 0.247 e. The number of methoxy groups -OCH3 is 1. The lowest BCUT2D eigenvalue weighted by Crippen LogP contribution is -2.37. The number of aromatic nitrogens is 2. The van der Waals surface area contributed by atoms with Crippen molar-refractivity contribution in [2.45, 2.75) is 38.5 Å². The zero-order chi connectivity index (χ0) is 16.9. The number of benzene rings is 1. The SMILES string of the molecule is CCCC(=O)N1CCC(c2nnc(-c3ccc(OC)cc3)o2)CC1. The third kappa shape index (κ3) is 3.58. The molecule has 2 aromatic rings. The van der Waals surface area contributed by atoms with E-state index in [0.29, 0.717) is 18.2 Å². The van der Waals surface area contributed by atoms with Crippen LogP contribution in [0.2, 0.25) is 0 Å². The van der Waals surface area contributed by atoms with Crippen molar-refractivity contribution in [2.24, 2.45) is 0 Å². The first-order valence-corrected chi connectivity index (χ1v) is 8.47. The van der Waals surface area contributed by atoms with Crippen molar-refractivity contribution in [2.75, 3.05) is 20.2 Å². The van der Waals surface area contributed by atoms with Gasteiger partial charge in [0.15, 0.2) is 0 Å². The Balaban J connectivity index is 1.63. The summed E-state index contributed by atoms with van der Waals surface area (Å²) in [4.78, 5) is 13.9. The quantitative estimate of drug-likeness (QED) is 0.842. The molecule has 0 atom stereocenters. The molecule has 1 amide bonds. The van der Waals surface area contributed by atoms with E-state index < -0.39 is 0 Å². The summed E-state index contributed by atoms with van der Waals surface area (Å²) in [6.45, 7) is 3.57. The molecule has 1 fully saturated rings. The molecule has 0 N–H and O–H groups in total. The van der Waals surface area contributed by atoms with Gasteiger partial charge in [0.1, 0.15) is 5.75 Å². The van der Waals surface area contributed by atoms with Crippen molar-refractivity contribution in [3.05, 3.63) is 30.2 Å². The first-order valence-electron chi connectivity index (χ1n) is 8.47. The second-order valence-electron chi connectivity index (χ2n) is 6.08. The zero-order valence-corrected chi connectivity index (χ0v) is 14.2. The molecule has 0 unspecified atom stereocenters. The number of hydrogen-bond acceptors (Lipinski definition) is 5. The van der Waals surface area contributed by atoms with E-state index in [1.807, 2.05) is 36.1 Å². The summed E-state index contributed by atoms with van der Waals surface area (Å²) in [5, 5.41) is 8.38. The first-order chi connectivity index (χ1) is 11.7. The largest absolute Gasteiger partial charge is 0.497 e. The number of carbonyl (C=O) groups excluding carboxylic acids is 1. The normalized spacial score (nSPS) is 15.5. The Morgan fingerprint density at radius 2 is 1.96 bits per heavy atom. The van der Waals surface area contributed by atoms with E-state index in [0.717, 1.165) is 43.7 Å². The van der Waals surface area contributed by atoms with Crippen LogP contribution in [0.4, 0.5) is 0 Å². The van der Waals surface area contributed by atoms with Gasteiger partial charge in [0, 0.05) is 31.0 Å². The van der Waals surface area contributed by atoms with Gasteiger partial charge in [-0.25, -0.2) is 0 Å². The van der Waals surface area contributed by atoms with Gasteiger partial charge in [-0.05, 0) is 43.5 Å². The van der Waals surface area contributed by atoms with Crippen LogP contribution >= 0.6 is 0 Å². The van der Waals surface area contributed by atoms with Crippen molar-refractivity contribution in [1.29, 1.82) is 0 Å². The summed E-state index contributed by atoms with van der Waals surface area (Å²) in [5.41, 5.74) is 0.880. The molecule has 1 saturated heterocycles. The monoisotopic (exact) mass is 329 g/mol. The highest BCUT2D eigenvalue weighted by Gasteiger charge is 2.27. The van der Waals surface area contributed by atoms with Gasteiger partial charge in [0.2, 0.25) is 17.7 Å². The Labute approximate surface area is 141 Å². The molecular formula is C18H23N3O3. The second kappa shape index (κ2) is 7.47. The summed E-state index contributed by atoms with van der Waals surface area (Å²) in [6, 6.07) is 7.55. The van der Waals surface area contributed by atoms with Crippen LogP contribution in [0.3, 0.4) is 0 Å². The molecule has 1 aromatic carbocycles. The summed E-state index contributed by atoms with van der Waals surface area (Å²) in [6.07, 6.45) is 3.28. The lowest BCUT2D eigenvalue weighted by molar-refractivity contribution is -0.132. The van der Waals surface area contributed by atoms with Gasteiger partial charge < -0.3 is 14.1 Å². The Hall–Kier alpha value is -2.37. The van der Waals surface area contributed by atoms with Crippen LogP contribution in [0.5, 0.6) is 5.75 Å². The van der Waals surface area contributed by atoms with Crippen LogP contribution in [-0.2, 0) is 4.79 Å². The highest BCUT2D eigenvalue weighted by molar-refractivity contribution is 5.76. The third-order valence-electron chi connectivity index (χ3n) is 4.44. The topological polar surface area (TPSA) is 68.5 Å². The van der Waals surface area contributed by atoms with E-state index in [9.17, 15) is 4.79 Å². The molecule has 3 rings (SSSR count). The molecule has 2 heterocycles. The summed E-state index contributed by atoms with van der Waals surface area (Å²) >= 11 is 0. The molecule has 0 spiro atoms. The molecular weight excluding hydrogens is 306 g/mol. The Kier molecular flexibility index (Phi) is 5.13. The molecule has 0 saturated carbocycles. The molecule has 6 heteroatoms. The van der Waals surface area contributed by atoms with Crippen LogP contribution < -0.4 is 4.74 Å². The maximum absolute atomic E-state index is 11.9. The molecule has 1 aliphatic rings. The zero-order valence-electron chi connectivity index (χ0n) is 14.2. The summed E-state index contributed by atoms with van der Waals surface area (Å²) < 4.78 is 11.0. The minimum absolute atomic E-state index is 0.232. The third-order valence-corrected chi connectivity index (χ3v) is 4.44. The second-order valence-corrected chi connectivity index (χ2v) is 6.08. The average molecular weight is 329 g/mol. The highest BCUT2D eigenvalue weighted by Crippen LogP contribution is 2.30. The van der Waals surface area contributed by atoms with Gasteiger partial charge in [-0.2, -0.15) is 0 Å².